The third-order valence-corrected chi connectivity index (χ3v) is 2.93. The Morgan fingerprint density at radius 2 is 2.19 bits per heavy atom. The lowest BCUT2D eigenvalue weighted by molar-refractivity contribution is 0.783. The molecule has 0 unspecified atom stereocenters. The molecule has 0 saturated carbocycles. The summed E-state index contributed by atoms with van der Waals surface area (Å²) in [5.74, 6) is 0.998. The second kappa shape index (κ2) is 3.96. The smallest absolute Gasteiger partial charge is 0.151 e. The average molecular weight is 214 g/mol. The number of rotatable bonds is 1. The Hall–Kier alpha value is -1.84. The summed E-state index contributed by atoms with van der Waals surface area (Å²) in [6, 6.07) is 5.94. The molecule has 0 aliphatic carbocycles. The molecule has 2 aromatic heterocycles. The predicted octanol–water partition coefficient (Wildman–Crippen LogP) is 2.22. The molecule has 0 aromatic carbocycles. The van der Waals surface area contributed by atoms with Crippen LogP contribution in [0.1, 0.15) is 18.4 Å². The van der Waals surface area contributed by atoms with Gasteiger partial charge in [0.2, 0.25) is 0 Å². The fourth-order valence-corrected chi connectivity index (χ4v) is 2.11. The lowest BCUT2D eigenvalue weighted by Crippen LogP contribution is -1.99. The molecule has 16 heavy (non-hydrogen) atoms. The van der Waals surface area contributed by atoms with E-state index < -0.39 is 0 Å². The minimum atomic E-state index is 0.972. The van der Waals surface area contributed by atoms with Crippen LogP contribution in [-0.2, 0) is 6.42 Å². The molecule has 3 rings (SSSR count). The molecule has 82 valence electrons. The second-order valence-corrected chi connectivity index (χ2v) is 4.02. The summed E-state index contributed by atoms with van der Waals surface area (Å²) in [5, 5.41) is 10.7. The summed E-state index contributed by atoms with van der Waals surface area (Å²) in [4.78, 5) is 4.36. The molecule has 3 heterocycles. The molecule has 4 heteroatoms. The second-order valence-electron chi connectivity index (χ2n) is 4.02. The first kappa shape index (κ1) is 9.39. The number of aromatic amines is 1. The number of hydrogen-bond donors (Lipinski definition) is 2. The van der Waals surface area contributed by atoms with Crippen LogP contribution >= 0.6 is 0 Å². The Bertz CT molecular complexity index is 475. The van der Waals surface area contributed by atoms with E-state index >= 15 is 0 Å². The number of hydrogen-bond acceptors (Lipinski definition) is 3. The molecule has 1 aliphatic rings. The summed E-state index contributed by atoms with van der Waals surface area (Å²) in [7, 11) is 0. The Kier molecular flexibility index (Phi) is 2.33. The summed E-state index contributed by atoms with van der Waals surface area (Å²) < 4.78 is 0. The highest BCUT2D eigenvalue weighted by molar-refractivity contribution is 5.66. The van der Waals surface area contributed by atoms with Crippen LogP contribution < -0.4 is 5.32 Å². The normalized spacial score (nSPS) is 15.0. The highest BCUT2D eigenvalue weighted by Crippen LogP contribution is 2.28. The number of fused-ring (bicyclic) bond motifs is 1. The van der Waals surface area contributed by atoms with Crippen molar-refractivity contribution < 1.29 is 0 Å². The molecule has 0 atom stereocenters. The van der Waals surface area contributed by atoms with Crippen LogP contribution in [0.3, 0.4) is 0 Å². The van der Waals surface area contributed by atoms with E-state index in [-0.39, 0.29) is 0 Å². The standard InChI is InChI=1S/C12H14N4/c1-3-8-14-12-9(5-1)11(15-16-12)10-6-2-4-7-13-10/h2,4,6-7H,1,3,5,8H2,(H2,14,15,16). The Labute approximate surface area is 94.1 Å². The maximum Gasteiger partial charge on any atom is 0.151 e. The van der Waals surface area contributed by atoms with Crippen LogP contribution in [0.25, 0.3) is 11.4 Å². The molecule has 2 aromatic rings. The van der Waals surface area contributed by atoms with Crippen molar-refractivity contribution in [2.75, 3.05) is 11.9 Å². The van der Waals surface area contributed by atoms with Crippen LogP contribution in [0.5, 0.6) is 0 Å². The van der Waals surface area contributed by atoms with Gasteiger partial charge in [-0.1, -0.05) is 6.07 Å². The lowest BCUT2D eigenvalue weighted by atomic mass is 10.1. The highest BCUT2D eigenvalue weighted by atomic mass is 15.2. The Morgan fingerprint density at radius 1 is 1.19 bits per heavy atom. The molecule has 0 amide bonds. The quantitative estimate of drug-likeness (QED) is 0.765. The van der Waals surface area contributed by atoms with Crippen LogP contribution in [0, 0.1) is 0 Å². The van der Waals surface area contributed by atoms with Crippen LogP contribution in [-0.4, -0.2) is 21.7 Å². The van der Waals surface area contributed by atoms with Crippen molar-refractivity contribution in [3.63, 3.8) is 0 Å². The number of H-pyrrole nitrogens is 1. The predicted molar refractivity (Wildman–Crippen MR) is 63.2 cm³/mol. The van der Waals surface area contributed by atoms with E-state index in [0.29, 0.717) is 0 Å². The van der Waals surface area contributed by atoms with Gasteiger partial charge >= 0.3 is 0 Å². The molecular weight excluding hydrogens is 200 g/mol. The molecule has 0 radical (unpaired) electrons. The Balaban J connectivity index is 2.06. The SMILES string of the molecule is c1ccc(-c2[nH]nc3c2CCCCN3)nc1. The Morgan fingerprint density at radius 3 is 3.06 bits per heavy atom. The van der Waals surface area contributed by atoms with Crippen molar-refractivity contribution in [3.05, 3.63) is 30.0 Å². The molecule has 2 N–H and O–H groups in total. The van der Waals surface area contributed by atoms with Crippen molar-refractivity contribution in [1.82, 2.24) is 15.2 Å². The number of anilines is 1. The van der Waals surface area contributed by atoms with Gasteiger partial charge in [0.15, 0.2) is 5.82 Å². The van der Waals surface area contributed by atoms with Crippen LogP contribution in [0.2, 0.25) is 0 Å². The lowest BCUT2D eigenvalue weighted by Gasteiger charge is -2.01. The third kappa shape index (κ3) is 1.56. The van der Waals surface area contributed by atoms with Gasteiger partial charge in [-0.15, -0.1) is 0 Å². The molecule has 0 fully saturated rings. The van der Waals surface area contributed by atoms with E-state index in [1.54, 1.807) is 0 Å². The fourth-order valence-electron chi connectivity index (χ4n) is 2.11. The average Bonchev–Trinajstić information content (AvgIpc) is 2.60. The largest absolute Gasteiger partial charge is 0.368 e. The summed E-state index contributed by atoms with van der Waals surface area (Å²) >= 11 is 0. The zero-order valence-electron chi connectivity index (χ0n) is 9.03. The van der Waals surface area contributed by atoms with Crippen molar-refractivity contribution in [3.8, 4) is 11.4 Å². The molecule has 0 spiro atoms. The third-order valence-electron chi connectivity index (χ3n) is 2.93. The minimum absolute atomic E-state index is 0.972. The maximum absolute atomic E-state index is 4.36. The van der Waals surface area contributed by atoms with E-state index in [2.05, 4.69) is 20.5 Å². The van der Waals surface area contributed by atoms with E-state index in [9.17, 15) is 0 Å². The van der Waals surface area contributed by atoms with Gasteiger partial charge in [0.05, 0.1) is 11.4 Å². The van der Waals surface area contributed by atoms with Crippen molar-refractivity contribution in [2.45, 2.75) is 19.3 Å². The molecule has 4 nitrogen and oxygen atoms in total. The van der Waals surface area contributed by atoms with E-state index in [1.807, 2.05) is 24.4 Å². The van der Waals surface area contributed by atoms with Crippen LogP contribution in [0.4, 0.5) is 5.82 Å². The van der Waals surface area contributed by atoms with Crippen LogP contribution in [0.15, 0.2) is 24.4 Å². The zero-order valence-corrected chi connectivity index (χ0v) is 9.03. The topological polar surface area (TPSA) is 53.6 Å². The van der Waals surface area contributed by atoms with Crippen molar-refractivity contribution in [2.24, 2.45) is 0 Å². The molecule has 1 aliphatic heterocycles. The molecule has 0 bridgehead atoms. The summed E-state index contributed by atoms with van der Waals surface area (Å²) in [5.41, 5.74) is 3.31. The van der Waals surface area contributed by atoms with Gasteiger partial charge < -0.3 is 5.32 Å². The summed E-state index contributed by atoms with van der Waals surface area (Å²) in [6.07, 6.45) is 5.30. The molecular formula is C12H14N4. The van der Waals surface area contributed by atoms with Crippen molar-refractivity contribution >= 4 is 5.82 Å². The van der Waals surface area contributed by atoms with E-state index in [1.165, 1.54) is 18.4 Å². The summed E-state index contributed by atoms with van der Waals surface area (Å²) in [6.45, 7) is 1.01. The number of pyridine rings is 1. The highest BCUT2D eigenvalue weighted by Gasteiger charge is 2.16. The van der Waals surface area contributed by atoms with Crippen molar-refractivity contribution in [1.29, 1.82) is 0 Å². The van der Waals surface area contributed by atoms with Gasteiger partial charge in [-0.25, -0.2) is 0 Å². The molecule has 0 saturated heterocycles. The van der Waals surface area contributed by atoms with Gasteiger partial charge in [-0.3, -0.25) is 10.1 Å². The van der Waals surface area contributed by atoms with Gasteiger partial charge in [-0.2, -0.15) is 5.10 Å². The zero-order chi connectivity index (χ0) is 10.8. The maximum atomic E-state index is 4.36. The van der Waals surface area contributed by atoms with Gasteiger partial charge in [0.25, 0.3) is 0 Å². The van der Waals surface area contributed by atoms with Gasteiger partial charge in [-0.05, 0) is 31.4 Å². The number of nitrogens with one attached hydrogen (secondary N) is 2. The first-order valence-corrected chi connectivity index (χ1v) is 5.67. The first-order chi connectivity index (χ1) is 7.95. The first-order valence-electron chi connectivity index (χ1n) is 5.67. The van der Waals surface area contributed by atoms with Gasteiger partial charge in [0.1, 0.15) is 0 Å². The number of aromatic nitrogens is 3. The minimum Gasteiger partial charge on any atom is -0.368 e. The number of nitrogens with zero attached hydrogens (tertiary/aromatic N) is 2. The fraction of sp³-hybridized carbons (Fsp3) is 0.333. The van der Waals surface area contributed by atoms with E-state index in [0.717, 1.165) is 30.2 Å². The van der Waals surface area contributed by atoms with E-state index in [4.69, 9.17) is 0 Å². The monoisotopic (exact) mass is 214 g/mol. The van der Waals surface area contributed by atoms with Gasteiger partial charge in [0, 0.05) is 18.3 Å².